The van der Waals surface area contributed by atoms with Crippen LogP contribution in [0.5, 0.6) is 0 Å². The zero-order valence-electron chi connectivity index (χ0n) is 9.44. The smallest absolute Gasteiger partial charge is 0.277 e. The van der Waals surface area contributed by atoms with Gasteiger partial charge in [0.05, 0.1) is 0 Å². The fourth-order valence-electron chi connectivity index (χ4n) is 1.42. The molecule has 1 aromatic heterocycles. The van der Waals surface area contributed by atoms with E-state index in [1.165, 1.54) is 0 Å². The standard InChI is InChI=1S/C8H8N3.C5H5.Fe/c1-6-8(10-11-9-6)7-4-2-3-5-7;1-2-4-5-3-1;/h2-5H,1H3,(H,9,10,11);1-5H;/q2*-1;+2. The van der Waals surface area contributed by atoms with Crippen LogP contribution in [0.1, 0.15) is 5.69 Å². The average Bonchev–Trinajstić information content (AvgIpc) is 3.02. The van der Waals surface area contributed by atoms with Gasteiger partial charge in [0.2, 0.25) is 0 Å². The van der Waals surface area contributed by atoms with E-state index in [1.54, 1.807) is 0 Å². The zero-order chi connectivity index (χ0) is 11.2. The number of rotatable bonds is 1. The predicted molar refractivity (Wildman–Crippen MR) is 64.2 cm³/mol. The van der Waals surface area contributed by atoms with Crippen molar-refractivity contribution in [1.29, 1.82) is 0 Å². The third-order valence-corrected chi connectivity index (χ3v) is 2.23. The van der Waals surface area contributed by atoms with Crippen molar-refractivity contribution in [1.82, 2.24) is 15.4 Å². The molecule has 0 amide bonds. The Bertz CT molecular complexity index is 477. The minimum atomic E-state index is 0. The number of nitrogens with one attached hydrogen (secondary N) is 1. The van der Waals surface area contributed by atoms with Crippen molar-refractivity contribution in [3.63, 3.8) is 0 Å². The van der Waals surface area contributed by atoms with Crippen molar-refractivity contribution < 1.29 is 17.1 Å². The average molecular weight is 267 g/mol. The minimum Gasteiger partial charge on any atom is -0.277 e. The molecule has 1 heterocycles. The van der Waals surface area contributed by atoms with E-state index >= 15 is 0 Å². The molecular formula is C13H13FeN3. The second-order valence-electron chi connectivity index (χ2n) is 3.41. The maximum absolute atomic E-state index is 3.87. The fourth-order valence-corrected chi connectivity index (χ4v) is 1.42. The summed E-state index contributed by atoms with van der Waals surface area (Å²) < 4.78 is 0. The van der Waals surface area contributed by atoms with E-state index in [4.69, 9.17) is 0 Å². The molecule has 0 fully saturated rings. The fraction of sp³-hybridized carbons (Fsp3) is 0.0769. The van der Waals surface area contributed by atoms with Crippen LogP contribution < -0.4 is 0 Å². The van der Waals surface area contributed by atoms with Gasteiger partial charge in [0, 0.05) is 11.4 Å². The molecule has 1 N–H and O–H groups in total. The van der Waals surface area contributed by atoms with Gasteiger partial charge in [-0.1, -0.05) is 17.7 Å². The van der Waals surface area contributed by atoms with Gasteiger partial charge >= 0.3 is 17.1 Å². The minimum absolute atomic E-state index is 0. The number of hydrogen-bond acceptors (Lipinski definition) is 2. The monoisotopic (exact) mass is 267 g/mol. The van der Waals surface area contributed by atoms with Crippen molar-refractivity contribution in [2.75, 3.05) is 0 Å². The van der Waals surface area contributed by atoms with Crippen LogP contribution in [-0.2, 0) is 17.1 Å². The second kappa shape index (κ2) is 6.84. The van der Waals surface area contributed by atoms with Gasteiger partial charge in [0.1, 0.15) is 0 Å². The van der Waals surface area contributed by atoms with Crippen LogP contribution >= 0.6 is 0 Å². The van der Waals surface area contributed by atoms with Gasteiger partial charge in [0.15, 0.2) is 0 Å². The van der Waals surface area contributed by atoms with E-state index in [0.29, 0.717) is 0 Å². The van der Waals surface area contributed by atoms with Crippen LogP contribution in [0.3, 0.4) is 0 Å². The summed E-state index contributed by atoms with van der Waals surface area (Å²) in [4.78, 5) is 0. The van der Waals surface area contributed by atoms with E-state index in [9.17, 15) is 0 Å². The molecule has 0 bridgehead atoms. The molecule has 17 heavy (non-hydrogen) atoms. The van der Waals surface area contributed by atoms with Gasteiger partial charge in [-0.2, -0.15) is 35.4 Å². The summed E-state index contributed by atoms with van der Waals surface area (Å²) in [7, 11) is 0. The summed E-state index contributed by atoms with van der Waals surface area (Å²) in [6.45, 7) is 1.94. The van der Waals surface area contributed by atoms with Crippen molar-refractivity contribution in [3.05, 3.63) is 60.3 Å². The number of nitrogens with zero attached hydrogens (tertiary/aromatic N) is 2. The molecule has 88 valence electrons. The normalized spacial score (nSPS) is 9.00. The van der Waals surface area contributed by atoms with Gasteiger partial charge in [-0.25, -0.2) is 12.1 Å². The molecule has 4 heteroatoms. The number of aryl methyl sites for hydroxylation is 1. The first-order valence-electron chi connectivity index (χ1n) is 5.14. The Balaban J connectivity index is 0.000000205. The van der Waals surface area contributed by atoms with Crippen molar-refractivity contribution in [2.45, 2.75) is 6.92 Å². The number of aromatic amines is 1. The molecule has 0 spiro atoms. The Morgan fingerprint density at radius 2 is 1.76 bits per heavy atom. The first-order valence-corrected chi connectivity index (χ1v) is 5.14. The summed E-state index contributed by atoms with van der Waals surface area (Å²) in [6.07, 6.45) is 0. The van der Waals surface area contributed by atoms with E-state index in [-0.39, 0.29) is 17.1 Å². The maximum atomic E-state index is 3.87. The van der Waals surface area contributed by atoms with Crippen LogP contribution in [0.4, 0.5) is 0 Å². The molecule has 3 nitrogen and oxygen atoms in total. The molecule has 0 saturated carbocycles. The quantitative estimate of drug-likeness (QED) is 0.544. The van der Waals surface area contributed by atoms with Crippen molar-refractivity contribution in [2.24, 2.45) is 0 Å². The summed E-state index contributed by atoms with van der Waals surface area (Å²) in [5.41, 5.74) is 3.10. The summed E-state index contributed by atoms with van der Waals surface area (Å²) in [5, 5.41) is 10.4. The number of hydrogen-bond donors (Lipinski definition) is 1. The van der Waals surface area contributed by atoms with Gasteiger partial charge in [0.25, 0.3) is 0 Å². The summed E-state index contributed by atoms with van der Waals surface area (Å²) in [5.74, 6) is 0. The van der Waals surface area contributed by atoms with Gasteiger partial charge in [-0.3, -0.25) is 5.10 Å². The van der Waals surface area contributed by atoms with Crippen molar-refractivity contribution >= 4 is 0 Å². The SMILES string of the molecule is Cc1nn[nH]c1-[c-]1cccc1.[Fe+2].c1cc[cH-]c1. The largest absolute Gasteiger partial charge is 2.00 e. The van der Waals surface area contributed by atoms with Crippen LogP contribution in [0.2, 0.25) is 0 Å². The predicted octanol–water partition coefficient (Wildman–Crippen LogP) is 2.90. The third kappa shape index (κ3) is 3.70. The molecule has 0 aliphatic carbocycles. The van der Waals surface area contributed by atoms with E-state index in [2.05, 4.69) is 15.4 Å². The van der Waals surface area contributed by atoms with Crippen LogP contribution in [0, 0.1) is 6.92 Å². The molecule has 3 rings (SSSR count). The molecule has 0 atom stereocenters. The Hall–Kier alpha value is -1.64. The Morgan fingerprint density at radius 3 is 2.18 bits per heavy atom. The van der Waals surface area contributed by atoms with E-state index in [0.717, 1.165) is 17.0 Å². The molecule has 0 saturated heterocycles. The first-order chi connectivity index (χ1) is 7.88. The summed E-state index contributed by atoms with van der Waals surface area (Å²) >= 11 is 0. The second-order valence-corrected chi connectivity index (χ2v) is 3.41. The van der Waals surface area contributed by atoms with E-state index < -0.39 is 0 Å². The number of aromatic nitrogens is 3. The molecule has 2 aromatic carbocycles. The Kier molecular flexibility index (Phi) is 5.40. The molecule has 3 aromatic rings. The molecule has 0 aliphatic rings. The maximum Gasteiger partial charge on any atom is 2.00 e. The van der Waals surface area contributed by atoms with Crippen LogP contribution in [-0.4, -0.2) is 15.4 Å². The third-order valence-electron chi connectivity index (χ3n) is 2.23. The van der Waals surface area contributed by atoms with Crippen LogP contribution in [0.15, 0.2) is 54.6 Å². The van der Waals surface area contributed by atoms with Gasteiger partial charge < -0.3 is 0 Å². The Morgan fingerprint density at radius 1 is 1.12 bits per heavy atom. The van der Waals surface area contributed by atoms with Crippen LogP contribution in [0.25, 0.3) is 11.3 Å². The molecule has 0 aliphatic heterocycles. The Labute approximate surface area is 111 Å². The van der Waals surface area contributed by atoms with Gasteiger partial charge in [-0.15, -0.1) is 12.1 Å². The number of H-pyrrole nitrogens is 1. The molecule has 0 radical (unpaired) electrons. The zero-order valence-corrected chi connectivity index (χ0v) is 10.5. The first kappa shape index (κ1) is 13.4. The summed E-state index contributed by atoms with van der Waals surface area (Å²) in [6, 6.07) is 18.1. The topological polar surface area (TPSA) is 41.6 Å². The van der Waals surface area contributed by atoms with Crippen molar-refractivity contribution in [3.8, 4) is 11.3 Å². The van der Waals surface area contributed by atoms with E-state index in [1.807, 2.05) is 61.5 Å². The van der Waals surface area contributed by atoms with Gasteiger partial charge in [-0.05, 0) is 0 Å². The molecule has 0 unspecified atom stereocenters. The molecular weight excluding hydrogens is 254 g/mol.